The summed E-state index contributed by atoms with van der Waals surface area (Å²) < 4.78 is 23.4. The van der Waals surface area contributed by atoms with Gasteiger partial charge in [0.2, 0.25) is 0 Å². The van der Waals surface area contributed by atoms with Crippen LogP contribution < -0.4 is 5.32 Å². The van der Waals surface area contributed by atoms with Gasteiger partial charge in [-0.15, -0.1) is 0 Å². The van der Waals surface area contributed by atoms with E-state index >= 15 is 0 Å². The summed E-state index contributed by atoms with van der Waals surface area (Å²) in [5.74, 6) is 0.694. The molecule has 0 aromatic heterocycles. The third-order valence-electron chi connectivity index (χ3n) is 3.39. The van der Waals surface area contributed by atoms with Crippen LogP contribution in [-0.2, 0) is 9.84 Å². The van der Waals surface area contributed by atoms with Gasteiger partial charge in [0.1, 0.15) is 0 Å². The predicted octanol–water partition coefficient (Wildman–Crippen LogP) is 1.95. The standard InChI is InChI=1S/C13H19NO2S/c1-2-17(15,16)13-7-5-11(6-8-13)12-4-3-9-14-10-12/h5-8,12,14H,2-4,9-10H2,1H3. The Hall–Kier alpha value is -0.870. The molecule has 1 saturated heterocycles. The van der Waals surface area contributed by atoms with Gasteiger partial charge in [0, 0.05) is 6.54 Å². The molecule has 0 amide bonds. The van der Waals surface area contributed by atoms with Gasteiger partial charge in [0.25, 0.3) is 0 Å². The summed E-state index contributed by atoms with van der Waals surface area (Å²) in [6.07, 6.45) is 2.38. The molecule has 3 nitrogen and oxygen atoms in total. The van der Waals surface area contributed by atoms with Gasteiger partial charge in [0.15, 0.2) is 9.84 Å². The van der Waals surface area contributed by atoms with Crippen LogP contribution in [0.25, 0.3) is 0 Å². The Balaban J connectivity index is 2.18. The molecular formula is C13H19NO2S. The SMILES string of the molecule is CCS(=O)(=O)c1ccc(C2CCCNC2)cc1. The molecule has 94 valence electrons. The number of sulfone groups is 1. The first-order chi connectivity index (χ1) is 8.13. The first-order valence-electron chi connectivity index (χ1n) is 6.17. The maximum Gasteiger partial charge on any atom is 0.178 e. The van der Waals surface area contributed by atoms with Crippen LogP contribution in [0.5, 0.6) is 0 Å². The smallest absolute Gasteiger partial charge is 0.178 e. The highest BCUT2D eigenvalue weighted by molar-refractivity contribution is 7.91. The molecule has 0 bridgehead atoms. The summed E-state index contributed by atoms with van der Waals surface area (Å²) in [4.78, 5) is 0.438. The van der Waals surface area contributed by atoms with E-state index in [1.54, 1.807) is 19.1 Å². The maximum absolute atomic E-state index is 11.7. The second kappa shape index (κ2) is 5.19. The molecule has 1 heterocycles. The van der Waals surface area contributed by atoms with E-state index in [0.29, 0.717) is 10.8 Å². The highest BCUT2D eigenvalue weighted by atomic mass is 32.2. The monoisotopic (exact) mass is 253 g/mol. The average molecular weight is 253 g/mol. The lowest BCUT2D eigenvalue weighted by molar-refractivity contribution is 0.461. The Morgan fingerprint density at radius 3 is 2.53 bits per heavy atom. The van der Waals surface area contributed by atoms with Crippen LogP contribution in [0.15, 0.2) is 29.2 Å². The normalized spacial score (nSPS) is 21.4. The molecule has 1 aromatic carbocycles. The summed E-state index contributed by atoms with van der Waals surface area (Å²) in [5.41, 5.74) is 1.24. The lowest BCUT2D eigenvalue weighted by atomic mass is 9.92. The van der Waals surface area contributed by atoms with Gasteiger partial charge in [0.05, 0.1) is 10.6 Å². The summed E-state index contributed by atoms with van der Waals surface area (Å²) >= 11 is 0. The molecule has 1 aromatic rings. The fraction of sp³-hybridized carbons (Fsp3) is 0.538. The van der Waals surface area contributed by atoms with Crippen LogP contribution in [0.2, 0.25) is 0 Å². The van der Waals surface area contributed by atoms with Gasteiger partial charge in [-0.25, -0.2) is 8.42 Å². The number of nitrogens with one attached hydrogen (secondary N) is 1. The number of hydrogen-bond acceptors (Lipinski definition) is 3. The first-order valence-corrected chi connectivity index (χ1v) is 7.82. The Morgan fingerprint density at radius 1 is 1.29 bits per heavy atom. The van der Waals surface area contributed by atoms with E-state index in [9.17, 15) is 8.42 Å². The summed E-state index contributed by atoms with van der Waals surface area (Å²) in [6.45, 7) is 3.77. The third-order valence-corrected chi connectivity index (χ3v) is 5.14. The van der Waals surface area contributed by atoms with Crippen molar-refractivity contribution < 1.29 is 8.42 Å². The van der Waals surface area contributed by atoms with Crippen molar-refractivity contribution in [2.45, 2.75) is 30.6 Å². The molecule has 1 fully saturated rings. The molecule has 2 rings (SSSR count). The highest BCUT2D eigenvalue weighted by Crippen LogP contribution is 2.24. The molecule has 0 radical (unpaired) electrons. The van der Waals surface area contributed by atoms with E-state index < -0.39 is 9.84 Å². The fourth-order valence-corrected chi connectivity index (χ4v) is 3.13. The lowest BCUT2D eigenvalue weighted by Crippen LogP contribution is -2.28. The first kappa shape index (κ1) is 12.6. The van der Waals surface area contributed by atoms with Crippen molar-refractivity contribution in [2.24, 2.45) is 0 Å². The number of piperidine rings is 1. The van der Waals surface area contributed by atoms with Crippen molar-refractivity contribution in [2.75, 3.05) is 18.8 Å². The van der Waals surface area contributed by atoms with Crippen molar-refractivity contribution in [1.29, 1.82) is 0 Å². The molecule has 0 spiro atoms. The predicted molar refractivity (Wildman–Crippen MR) is 69.0 cm³/mol. The van der Waals surface area contributed by atoms with Gasteiger partial charge in [-0.05, 0) is 43.0 Å². The van der Waals surface area contributed by atoms with Crippen LogP contribution in [0.4, 0.5) is 0 Å². The van der Waals surface area contributed by atoms with Gasteiger partial charge in [-0.1, -0.05) is 19.1 Å². The van der Waals surface area contributed by atoms with Gasteiger partial charge >= 0.3 is 0 Å². The average Bonchev–Trinajstić information content (AvgIpc) is 2.40. The van der Waals surface area contributed by atoms with E-state index in [1.165, 1.54) is 18.4 Å². The topological polar surface area (TPSA) is 46.2 Å². The Kier molecular flexibility index (Phi) is 3.84. The third kappa shape index (κ3) is 2.87. The van der Waals surface area contributed by atoms with E-state index in [0.717, 1.165) is 13.1 Å². The van der Waals surface area contributed by atoms with Crippen LogP contribution in [0.1, 0.15) is 31.2 Å². The van der Waals surface area contributed by atoms with Crippen LogP contribution in [-0.4, -0.2) is 27.3 Å². The van der Waals surface area contributed by atoms with Gasteiger partial charge in [-0.3, -0.25) is 0 Å². The van der Waals surface area contributed by atoms with Crippen LogP contribution in [0, 0.1) is 0 Å². The minimum Gasteiger partial charge on any atom is -0.316 e. The van der Waals surface area contributed by atoms with E-state index in [2.05, 4.69) is 5.32 Å². The quantitative estimate of drug-likeness (QED) is 0.895. The molecule has 17 heavy (non-hydrogen) atoms. The maximum atomic E-state index is 11.7. The highest BCUT2D eigenvalue weighted by Gasteiger charge is 2.16. The molecular weight excluding hydrogens is 234 g/mol. The minimum atomic E-state index is -3.06. The second-order valence-electron chi connectivity index (χ2n) is 4.52. The molecule has 1 N–H and O–H groups in total. The largest absolute Gasteiger partial charge is 0.316 e. The van der Waals surface area contributed by atoms with Crippen molar-refractivity contribution in [1.82, 2.24) is 5.32 Å². The second-order valence-corrected chi connectivity index (χ2v) is 6.79. The number of hydrogen-bond donors (Lipinski definition) is 1. The van der Waals surface area contributed by atoms with E-state index in [4.69, 9.17) is 0 Å². The number of benzene rings is 1. The van der Waals surface area contributed by atoms with E-state index in [-0.39, 0.29) is 5.75 Å². The van der Waals surface area contributed by atoms with Crippen molar-refractivity contribution in [3.05, 3.63) is 29.8 Å². The van der Waals surface area contributed by atoms with Gasteiger partial charge < -0.3 is 5.32 Å². The van der Waals surface area contributed by atoms with Crippen LogP contribution in [0.3, 0.4) is 0 Å². The Morgan fingerprint density at radius 2 is 2.00 bits per heavy atom. The summed E-state index contributed by atoms with van der Waals surface area (Å²) in [6, 6.07) is 7.39. The van der Waals surface area contributed by atoms with E-state index in [1.807, 2.05) is 12.1 Å². The Labute approximate surface area is 103 Å². The summed E-state index contributed by atoms with van der Waals surface area (Å²) in [5, 5.41) is 3.37. The van der Waals surface area contributed by atoms with Crippen LogP contribution >= 0.6 is 0 Å². The molecule has 1 aliphatic heterocycles. The van der Waals surface area contributed by atoms with Crippen molar-refractivity contribution in [3.8, 4) is 0 Å². The zero-order chi connectivity index (χ0) is 12.3. The molecule has 0 aliphatic carbocycles. The minimum absolute atomic E-state index is 0.164. The zero-order valence-electron chi connectivity index (χ0n) is 10.1. The fourth-order valence-electron chi connectivity index (χ4n) is 2.25. The van der Waals surface area contributed by atoms with Crippen molar-refractivity contribution >= 4 is 9.84 Å². The molecule has 1 aliphatic rings. The molecule has 1 atom stereocenters. The van der Waals surface area contributed by atoms with Crippen molar-refractivity contribution in [3.63, 3.8) is 0 Å². The lowest BCUT2D eigenvalue weighted by Gasteiger charge is -2.23. The van der Waals surface area contributed by atoms with Gasteiger partial charge in [-0.2, -0.15) is 0 Å². The Bertz CT molecular complexity index is 459. The molecule has 0 saturated carbocycles. The summed E-state index contributed by atoms with van der Waals surface area (Å²) in [7, 11) is -3.06. The zero-order valence-corrected chi connectivity index (χ0v) is 11.0. The molecule has 1 unspecified atom stereocenters. The number of rotatable bonds is 3. The molecule has 4 heteroatoms.